The van der Waals surface area contributed by atoms with Gasteiger partial charge in [-0.15, -0.1) is 11.3 Å². The van der Waals surface area contributed by atoms with E-state index < -0.39 is 5.60 Å². The van der Waals surface area contributed by atoms with Gasteiger partial charge in [-0.05, 0) is 31.5 Å². The van der Waals surface area contributed by atoms with Crippen molar-refractivity contribution < 1.29 is 9.90 Å². The summed E-state index contributed by atoms with van der Waals surface area (Å²) >= 11 is 1.49. The minimum absolute atomic E-state index is 0.273. The second-order valence-corrected chi connectivity index (χ2v) is 9.19. The van der Waals surface area contributed by atoms with Crippen LogP contribution in [0.4, 0.5) is 11.6 Å². The van der Waals surface area contributed by atoms with Crippen LogP contribution in [-0.4, -0.2) is 54.2 Å². The number of aromatic nitrogens is 5. The number of nitrogens with one attached hydrogen (secondary N) is 1. The quantitative estimate of drug-likeness (QED) is 0.439. The lowest BCUT2D eigenvalue weighted by molar-refractivity contribution is -0.143. The highest BCUT2D eigenvalue weighted by atomic mass is 32.1. The van der Waals surface area contributed by atoms with Gasteiger partial charge in [-0.2, -0.15) is 5.10 Å². The zero-order valence-electron chi connectivity index (χ0n) is 19.2. The summed E-state index contributed by atoms with van der Waals surface area (Å²) in [7, 11) is 1.71. The predicted molar refractivity (Wildman–Crippen MR) is 131 cm³/mol. The average Bonchev–Trinajstić information content (AvgIpc) is 3.55. The minimum Gasteiger partial charge on any atom is -0.375 e. The van der Waals surface area contributed by atoms with Crippen LogP contribution in [0.1, 0.15) is 24.6 Å². The number of carbonyl (C=O) groups is 1. The highest BCUT2D eigenvalue weighted by molar-refractivity contribution is 7.13. The Hall–Kier alpha value is -3.63. The summed E-state index contributed by atoms with van der Waals surface area (Å²) in [6, 6.07) is 9.24. The Bertz CT molecular complexity index is 1360. The van der Waals surface area contributed by atoms with Gasteiger partial charge >= 0.3 is 0 Å². The van der Waals surface area contributed by atoms with Crippen molar-refractivity contribution in [3.63, 3.8) is 0 Å². The number of likely N-dealkylation sites (N-methyl/N-ethyl adjacent to an activating group) is 1. The van der Waals surface area contributed by atoms with E-state index in [4.69, 9.17) is 4.98 Å². The van der Waals surface area contributed by atoms with Gasteiger partial charge < -0.3 is 15.3 Å². The van der Waals surface area contributed by atoms with Gasteiger partial charge in [-0.1, -0.05) is 18.2 Å². The molecule has 0 saturated carbocycles. The van der Waals surface area contributed by atoms with E-state index in [2.05, 4.69) is 20.4 Å². The van der Waals surface area contributed by atoms with E-state index in [1.165, 1.54) is 11.3 Å². The first kappa shape index (κ1) is 22.2. The Morgan fingerprint density at radius 1 is 1.24 bits per heavy atom. The van der Waals surface area contributed by atoms with E-state index in [9.17, 15) is 9.90 Å². The van der Waals surface area contributed by atoms with Gasteiger partial charge in [0.25, 0.3) is 5.91 Å². The maximum absolute atomic E-state index is 12.5. The Kier molecular flexibility index (Phi) is 5.62. The summed E-state index contributed by atoms with van der Waals surface area (Å²) in [5.41, 5.74) is 3.12. The largest absolute Gasteiger partial charge is 0.375 e. The van der Waals surface area contributed by atoms with Crippen molar-refractivity contribution in [1.82, 2.24) is 29.6 Å². The van der Waals surface area contributed by atoms with Gasteiger partial charge in [0.1, 0.15) is 10.7 Å². The fourth-order valence-electron chi connectivity index (χ4n) is 4.04. The smallest absolute Gasteiger partial charge is 0.258 e. The second-order valence-electron chi connectivity index (χ2n) is 8.33. The van der Waals surface area contributed by atoms with Crippen LogP contribution in [0, 0.1) is 6.92 Å². The average molecular weight is 476 g/mol. The number of likely N-dealkylation sites (tertiary alicyclic amines) is 1. The highest BCUT2D eigenvalue weighted by Crippen LogP contribution is 2.36. The van der Waals surface area contributed by atoms with Crippen LogP contribution < -0.4 is 5.32 Å². The summed E-state index contributed by atoms with van der Waals surface area (Å²) in [5.74, 6) is 0.198. The third-order valence-electron chi connectivity index (χ3n) is 6.04. The molecular weight excluding hydrogens is 450 g/mol. The van der Waals surface area contributed by atoms with E-state index in [1.54, 1.807) is 24.2 Å². The van der Waals surface area contributed by atoms with Crippen LogP contribution in [0.25, 0.3) is 22.0 Å². The normalized spacial score (nSPS) is 18.0. The first-order valence-electron chi connectivity index (χ1n) is 11.1. The van der Waals surface area contributed by atoms with E-state index in [0.29, 0.717) is 30.2 Å². The van der Waals surface area contributed by atoms with Gasteiger partial charge in [-0.3, -0.25) is 9.48 Å². The monoisotopic (exact) mass is 475 g/mol. The Morgan fingerprint density at radius 3 is 2.82 bits per heavy atom. The zero-order valence-corrected chi connectivity index (χ0v) is 20.0. The maximum atomic E-state index is 12.5. The molecule has 3 aromatic heterocycles. The number of benzene rings is 1. The summed E-state index contributed by atoms with van der Waals surface area (Å²) in [6.45, 7) is 5.29. The van der Waals surface area contributed by atoms with Crippen molar-refractivity contribution in [3.05, 3.63) is 59.4 Å². The number of aryl methyl sites for hydroxylation is 2. The van der Waals surface area contributed by atoms with Gasteiger partial charge in [0.15, 0.2) is 5.60 Å². The topological polar surface area (TPSA) is 109 Å². The fourth-order valence-corrected chi connectivity index (χ4v) is 4.85. The molecule has 0 spiro atoms. The van der Waals surface area contributed by atoms with Crippen molar-refractivity contribution in [3.8, 4) is 22.0 Å². The molecule has 1 saturated heterocycles. The van der Waals surface area contributed by atoms with Crippen LogP contribution in [0.3, 0.4) is 0 Å². The summed E-state index contributed by atoms with van der Waals surface area (Å²) in [4.78, 5) is 27.8. The van der Waals surface area contributed by atoms with Gasteiger partial charge in [0, 0.05) is 49.9 Å². The van der Waals surface area contributed by atoms with Crippen molar-refractivity contribution >= 4 is 28.9 Å². The van der Waals surface area contributed by atoms with Crippen LogP contribution >= 0.6 is 11.3 Å². The Morgan fingerprint density at radius 2 is 2.09 bits per heavy atom. The number of hydrogen-bond donors (Lipinski definition) is 2. The number of nitrogens with zero attached hydrogens (tertiary/aromatic N) is 6. The van der Waals surface area contributed by atoms with Gasteiger partial charge in [0.2, 0.25) is 5.95 Å². The van der Waals surface area contributed by atoms with Crippen molar-refractivity contribution in [2.75, 3.05) is 18.9 Å². The van der Waals surface area contributed by atoms with E-state index in [1.807, 2.05) is 54.4 Å². The van der Waals surface area contributed by atoms with Gasteiger partial charge in [0.05, 0.1) is 17.1 Å². The Labute approximate surface area is 201 Å². The highest BCUT2D eigenvalue weighted by Gasteiger charge is 2.45. The number of rotatable bonds is 6. The molecule has 1 aromatic carbocycles. The van der Waals surface area contributed by atoms with Crippen molar-refractivity contribution in [2.45, 2.75) is 32.4 Å². The Balaban J connectivity index is 1.40. The third-order valence-corrected chi connectivity index (χ3v) is 6.93. The molecule has 0 bridgehead atoms. The fraction of sp³-hybridized carbons (Fsp3) is 0.292. The first-order valence-corrected chi connectivity index (χ1v) is 11.9. The van der Waals surface area contributed by atoms with Gasteiger partial charge in [-0.25, -0.2) is 15.0 Å². The molecule has 2 N–H and O–H groups in total. The molecule has 1 aliphatic heterocycles. The molecule has 9 nitrogen and oxygen atoms in total. The molecule has 5 rings (SSSR count). The molecule has 1 atom stereocenters. The molecule has 1 amide bonds. The molecule has 0 radical (unpaired) electrons. The van der Waals surface area contributed by atoms with E-state index in [-0.39, 0.29) is 5.91 Å². The molecule has 10 heteroatoms. The third kappa shape index (κ3) is 3.95. The van der Waals surface area contributed by atoms with Crippen LogP contribution in [0.2, 0.25) is 0 Å². The summed E-state index contributed by atoms with van der Waals surface area (Å²) < 4.78 is 1.86. The van der Waals surface area contributed by atoms with Crippen LogP contribution in [0.5, 0.6) is 0 Å². The lowest BCUT2D eigenvalue weighted by Crippen LogP contribution is -2.36. The minimum atomic E-state index is -1.48. The molecule has 0 unspecified atom stereocenters. The molecule has 1 fully saturated rings. The van der Waals surface area contributed by atoms with E-state index >= 15 is 0 Å². The van der Waals surface area contributed by atoms with E-state index in [0.717, 1.165) is 34.2 Å². The van der Waals surface area contributed by atoms with Crippen molar-refractivity contribution in [2.24, 2.45) is 0 Å². The van der Waals surface area contributed by atoms with Crippen molar-refractivity contribution in [1.29, 1.82) is 0 Å². The first-order chi connectivity index (χ1) is 16.4. The maximum Gasteiger partial charge on any atom is 0.258 e. The lowest BCUT2D eigenvalue weighted by atomic mass is 9.91. The zero-order chi connectivity index (χ0) is 23.9. The predicted octanol–water partition coefficient (Wildman–Crippen LogP) is 3.59. The molecular formula is C24H25N7O2S. The molecule has 4 aromatic rings. The molecule has 1 aliphatic rings. The summed E-state index contributed by atoms with van der Waals surface area (Å²) in [5, 5.41) is 21.4. The molecule has 34 heavy (non-hydrogen) atoms. The number of anilines is 2. The molecule has 4 heterocycles. The van der Waals surface area contributed by atoms with Crippen LogP contribution in [0.15, 0.2) is 48.1 Å². The summed E-state index contributed by atoms with van der Waals surface area (Å²) in [6.07, 6.45) is 4.00. The van der Waals surface area contributed by atoms with Crippen LogP contribution in [-0.2, 0) is 16.9 Å². The molecule has 174 valence electrons. The number of hydrogen-bond acceptors (Lipinski definition) is 8. The SMILES string of the molecule is CCn1cc(Nc2nccc(-c3csc(-c4cccc([C@]5(O)CCN(C)C5=O)c4)n3)n2)c(C)n1. The number of carbonyl (C=O) groups excluding carboxylic acids is 1. The molecule has 0 aliphatic carbocycles. The number of aliphatic hydroxyl groups is 1. The number of thiazole rings is 1. The standard InChI is InChI=1S/C24H25N7O2S/c1-4-31-13-19(15(2)29-31)28-23-25-10-8-18(27-23)20-14-34-21(26-20)16-6-5-7-17(12-16)24(33)9-11-30(3)22(24)32/h5-8,10,12-14,33H,4,9,11H2,1-3H3,(H,25,27,28)/t24-/m1/s1. The second kappa shape index (κ2) is 8.62. The number of amides is 1. The lowest BCUT2D eigenvalue weighted by Gasteiger charge is -2.21.